The van der Waals surface area contributed by atoms with Crippen molar-refractivity contribution in [2.24, 2.45) is 17.6 Å². The summed E-state index contributed by atoms with van der Waals surface area (Å²) in [7, 11) is 1.72. The lowest BCUT2D eigenvalue weighted by Crippen LogP contribution is -2.26. The van der Waals surface area contributed by atoms with E-state index in [2.05, 4.69) is 13.0 Å². The quantitative estimate of drug-likeness (QED) is 0.867. The van der Waals surface area contributed by atoms with Gasteiger partial charge in [0.05, 0.1) is 7.11 Å². The normalized spacial score (nSPS) is 26.5. The molecule has 0 amide bonds. The Morgan fingerprint density at radius 3 is 2.76 bits per heavy atom. The molecular formula is C15H23NO. The van der Waals surface area contributed by atoms with E-state index in [1.54, 1.807) is 7.11 Å². The molecule has 1 aliphatic carbocycles. The zero-order chi connectivity index (χ0) is 12.3. The van der Waals surface area contributed by atoms with Crippen molar-refractivity contribution in [1.82, 2.24) is 0 Å². The van der Waals surface area contributed by atoms with Crippen LogP contribution >= 0.6 is 0 Å². The van der Waals surface area contributed by atoms with E-state index >= 15 is 0 Å². The van der Waals surface area contributed by atoms with Gasteiger partial charge in [-0.25, -0.2) is 0 Å². The van der Waals surface area contributed by atoms with E-state index in [0.717, 1.165) is 17.2 Å². The van der Waals surface area contributed by atoms with Gasteiger partial charge in [0, 0.05) is 11.6 Å². The van der Waals surface area contributed by atoms with E-state index in [9.17, 15) is 0 Å². The molecule has 0 saturated heterocycles. The van der Waals surface area contributed by atoms with Gasteiger partial charge in [0.15, 0.2) is 0 Å². The molecule has 3 unspecified atom stereocenters. The maximum absolute atomic E-state index is 6.43. The number of methoxy groups -OCH3 is 1. The third-order valence-electron chi connectivity index (χ3n) is 3.98. The number of hydrogen-bond acceptors (Lipinski definition) is 2. The van der Waals surface area contributed by atoms with Crippen molar-refractivity contribution < 1.29 is 4.74 Å². The average molecular weight is 233 g/mol. The highest BCUT2D eigenvalue weighted by atomic mass is 16.5. The molecular weight excluding hydrogens is 210 g/mol. The van der Waals surface area contributed by atoms with Crippen LogP contribution in [0.4, 0.5) is 0 Å². The number of para-hydroxylation sites is 1. The van der Waals surface area contributed by atoms with Crippen LogP contribution < -0.4 is 10.5 Å². The zero-order valence-corrected chi connectivity index (χ0v) is 10.9. The van der Waals surface area contributed by atoms with Crippen molar-refractivity contribution in [2.45, 2.75) is 38.6 Å². The Morgan fingerprint density at radius 1 is 1.29 bits per heavy atom. The van der Waals surface area contributed by atoms with Crippen LogP contribution in [0.2, 0.25) is 0 Å². The second kappa shape index (κ2) is 5.54. The van der Waals surface area contributed by atoms with Crippen LogP contribution in [0.15, 0.2) is 24.3 Å². The fraction of sp³-hybridized carbons (Fsp3) is 0.600. The predicted molar refractivity (Wildman–Crippen MR) is 71.0 cm³/mol. The van der Waals surface area contributed by atoms with E-state index in [1.807, 2.05) is 18.2 Å². The Hall–Kier alpha value is -1.02. The summed E-state index contributed by atoms with van der Waals surface area (Å²) in [5, 5.41) is 0. The van der Waals surface area contributed by atoms with Crippen molar-refractivity contribution in [3.05, 3.63) is 29.8 Å². The monoisotopic (exact) mass is 233 g/mol. The van der Waals surface area contributed by atoms with Gasteiger partial charge in [0.2, 0.25) is 0 Å². The molecule has 94 valence electrons. The van der Waals surface area contributed by atoms with E-state index in [4.69, 9.17) is 10.5 Å². The van der Waals surface area contributed by atoms with Gasteiger partial charge in [-0.2, -0.15) is 0 Å². The fourth-order valence-corrected chi connectivity index (χ4v) is 3.00. The first-order valence-corrected chi connectivity index (χ1v) is 6.61. The second-order valence-corrected chi connectivity index (χ2v) is 5.30. The minimum atomic E-state index is 0.119. The van der Waals surface area contributed by atoms with Gasteiger partial charge in [-0.05, 0) is 30.7 Å². The molecule has 1 aromatic carbocycles. The maximum Gasteiger partial charge on any atom is 0.123 e. The van der Waals surface area contributed by atoms with Crippen LogP contribution in [-0.4, -0.2) is 7.11 Å². The first-order chi connectivity index (χ1) is 8.22. The molecule has 2 rings (SSSR count). The molecule has 0 bridgehead atoms. The Morgan fingerprint density at radius 2 is 2.06 bits per heavy atom. The summed E-state index contributed by atoms with van der Waals surface area (Å²) >= 11 is 0. The number of hydrogen-bond donors (Lipinski definition) is 1. The van der Waals surface area contributed by atoms with Crippen LogP contribution in [0.5, 0.6) is 5.75 Å². The van der Waals surface area contributed by atoms with Crippen LogP contribution in [-0.2, 0) is 0 Å². The molecule has 0 spiro atoms. The Labute approximate surface area is 104 Å². The lowest BCUT2D eigenvalue weighted by Gasteiger charge is -2.32. The lowest BCUT2D eigenvalue weighted by molar-refractivity contribution is 0.245. The van der Waals surface area contributed by atoms with Crippen molar-refractivity contribution >= 4 is 0 Å². The summed E-state index contributed by atoms with van der Waals surface area (Å²) < 4.78 is 5.40. The number of ether oxygens (including phenoxy) is 1. The number of benzene rings is 1. The van der Waals surface area contributed by atoms with Gasteiger partial charge in [-0.3, -0.25) is 0 Å². The topological polar surface area (TPSA) is 35.2 Å². The highest BCUT2D eigenvalue weighted by molar-refractivity contribution is 5.36. The van der Waals surface area contributed by atoms with Crippen LogP contribution in [0.3, 0.4) is 0 Å². The summed E-state index contributed by atoms with van der Waals surface area (Å²) in [4.78, 5) is 0. The third kappa shape index (κ3) is 2.81. The largest absolute Gasteiger partial charge is 0.496 e. The molecule has 2 heteroatoms. The SMILES string of the molecule is COc1ccccc1C(N)C1CCCC(C)C1. The Kier molecular flexibility index (Phi) is 4.06. The summed E-state index contributed by atoms with van der Waals surface area (Å²) in [5.74, 6) is 2.35. The summed E-state index contributed by atoms with van der Waals surface area (Å²) in [5.41, 5.74) is 7.59. The van der Waals surface area contributed by atoms with E-state index in [1.165, 1.54) is 25.7 Å². The van der Waals surface area contributed by atoms with Crippen LogP contribution in [0.25, 0.3) is 0 Å². The molecule has 0 aromatic heterocycles. The molecule has 1 aromatic rings. The first kappa shape index (κ1) is 12.4. The summed E-state index contributed by atoms with van der Waals surface area (Å²) in [6.07, 6.45) is 5.17. The van der Waals surface area contributed by atoms with E-state index in [-0.39, 0.29) is 6.04 Å². The average Bonchev–Trinajstić information content (AvgIpc) is 2.38. The van der Waals surface area contributed by atoms with Crippen molar-refractivity contribution in [3.63, 3.8) is 0 Å². The molecule has 0 radical (unpaired) electrons. The molecule has 17 heavy (non-hydrogen) atoms. The Bertz CT molecular complexity index is 364. The van der Waals surface area contributed by atoms with Crippen LogP contribution in [0, 0.1) is 11.8 Å². The highest BCUT2D eigenvalue weighted by Crippen LogP contribution is 2.38. The van der Waals surface area contributed by atoms with Crippen molar-refractivity contribution in [2.75, 3.05) is 7.11 Å². The molecule has 0 heterocycles. The molecule has 0 aliphatic heterocycles. The first-order valence-electron chi connectivity index (χ1n) is 6.61. The molecule has 1 fully saturated rings. The number of nitrogens with two attached hydrogens (primary N) is 1. The maximum atomic E-state index is 6.43. The third-order valence-corrected chi connectivity index (χ3v) is 3.98. The van der Waals surface area contributed by atoms with Gasteiger partial charge in [-0.15, -0.1) is 0 Å². The summed E-state index contributed by atoms with van der Waals surface area (Å²) in [6.45, 7) is 2.33. The minimum absolute atomic E-state index is 0.119. The van der Waals surface area contributed by atoms with Gasteiger partial charge in [0.25, 0.3) is 0 Å². The van der Waals surface area contributed by atoms with E-state index in [0.29, 0.717) is 5.92 Å². The van der Waals surface area contributed by atoms with Gasteiger partial charge in [0.1, 0.15) is 5.75 Å². The van der Waals surface area contributed by atoms with Gasteiger partial charge in [-0.1, -0.05) is 38.0 Å². The second-order valence-electron chi connectivity index (χ2n) is 5.30. The van der Waals surface area contributed by atoms with Crippen molar-refractivity contribution in [3.8, 4) is 5.75 Å². The van der Waals surface area contributed by atoms with Crippen molar-refractivity contribution in [1.29, 1.82) is 0 Å². The van der Waals surface area contributed by atoms with Crippen LogP contribution in [0.1, 0.15) is 44.2 Å². The molecule has 2 N–H and O–H groups in total. The molecule has 1 saturated carbocycles. The Balaban J connectivity index is 2.15. The molecule has 2 nitrogen and oxygen atoms in total. The van der Waals surface area contributed by atoms with Gasteiger partial charge < -0.3 is 10.5 Å². The van der Waals surface area contributed by atoms with Gasteiger partial charge >= 0.3 is 0 Å². The smallest absolute Gasteiger partial charge is 0.123 e. The van der Waals surface area contributed by atoms with E-state index < -0.39 is 0 Å². The minimum Gasteiger partial charge on any atom is -0.496 e. The zero-order valence-electron chi connectivity index (χ0n) is 10.9. The highest BCUT2D eigenvalue weighted by Gasteiger charge is 2.26. The molecule has 3 atom stereocenters. The number of rotatable bonds is 3. The standard InChI is InChI=1S/C15H23NO/c1-11-6-5-7-12(10-11)15(16)13-8-3-4-9-14(13)17-2/h3-4,8-9,11-12,15H,5-7,10,16H2,1-2H3. The molecule has 1 aliphatic rings. The summed E-state index contributed by atoms with van der Waals surface area (Å²) in [6, 6.07) is 8.26. The predicted octanol–water partition coefficient (Wildman–Crippen LogP) is 3.52. The fourth-order valence-electron chi connectivity index (χ4n) is 3.00. The lowest BCUT2D eigenvalue weighted by atomic mass is 9.77.